The van der Waals surface area contributed by atoms with Gasteiger partial charge in [0.25, 0.3) is 0 Å². The summed E-state index contributed by atoms with van der Waals surface area (Å²) in [5, 5.41) is 2.11. The van der Waals surface area contributed by atoms with Gasteiger partial charge in [0.1, 0.15) is 6.10 Å². The SMILES string of the molecule is Cc1c[nH]c2cc(-c3ccc(-c4cnc([C@H]5CC[C@H](OC(N)=O)CC5)s4)c(S(=O)(=O)NC(C)(C)C)c3)ccc12. The van der Waals surface area contributed by atoms with Gasteiger partial charge in [-0.2, -0.15) is 0 Å². The van der Waals surface area contributed by atoms with Crippen molar-refractivity contribution in [2.24, 2.45) is 5.73 Å². The zero-order valence-corrected chi connectivity index (χ0v) is 24.2. The fourth-order valence-electron chi connectivity index (χ4n) is 5.23. The molecule has 1 saturated carbocycles. The van der Waals surface area contributed by atoms with Gasteiger partial charge in [-0.05, 0) is 82.2 Å². The highest BCUT2D eigenvalue weighted by molar-refractivity contribution is 7.89. The summed E-state index contributed by atoms with van der Waals surface area (Å²) in [7, 11) is -3.84. The van der Waals surface area contributed by atoms with Crippen molar-refractivity contribution in [2.45, 2.75) is 75.8 Å². The number of aryl methyl sites for hydroxylation is 1. The molecule has 0 saturated heterocycles. The van der Waals surface area contributed by atoms with Crippen LogP contribution in [0.5, 0.6) is 0 Å². The number of carbonyl (C=O) groups is 1. The standard InChI is InChI=1S/C29H34N4O4S2/c1-17-15-31-24-13-19(7-11-22(17)24)20-8-12-23(26(14-20)39(35,36)33-29(2,3)4)25-16-32-27(38-25)18-5-9-21(10-6-18)37-28(30)34/h7-8,11-16,18,21,31,33H,5-6,9-10H2,1-4H3,(H2,30,34)/t18-,21-. The van der Waals surface area contributed by atoms with E-state index in [-0.39, 0.29) is 16.9 Å². The molecule has 0 unspecified atom stereocenters. The number of nitrogens with zero attached hydrogens (tertiary/aromatic N) is 1. The molecule has 4 N–H and O–H groups in total. The molecule has 0 atom stereocenters. The lowest BCUT2D eigenvalue weighted by Crippen LogP contribution is -2.40. The first-order valence-corrected chi connectivity index (χ1v) is 15.4. The van der Waals surface area contributed by atoms with E-state index in [0.717, 1.165) is 57.6 Å². The van der Waals surface area contributed by atoms with Crippen LogP contribution in [0, 0.1) is 6.92 Å². The van der Waals surface area contributed by atoms with Crippen molar-refractivity contribution in [3.8, 4) is 21.6 Å². The lowest BCUT2D eigenvalue weighted by Gasteiger charge is -2.26. The van der Waals surface area contributed by atoms with Crippen LogP contribution >= 0.6 is 11.3 Å². The molecule has 0 aliphatic heterocycles. The number of benzene rings is 2. The van der Waals surface area contributed by atoms with Crippen molar-refractivity contribution >= 4 is 38.4 Å². The summed E-state index contributed by atoms with van der Waals surface area (Å²) in [5.41, 5.74) is 9.08. The first-order chi connectivity index (χ1) is 18.4. The average molecular weight is 567 g/mol. The maximum atomic E-state index is 13.7. The summed E-state index contributed by atoms with van der Waals surface area (Å²) in [4.78, 5) is 20.1. The highest BCUT2D eigenvalue weighted by Crippen LogP contribution is 2.41. The molecule has 2 aromatic heterocycles. The number of carbonyl (C=O) groups excluding carboxylic acids is 1. The Bertz CT molecular complexity index is 1620. The minimum absolute atomic E-state index is 0.153. The lowest BCUT2D eigenvalue weighted by molar-refractivity contribution is 0.0787. The van der Waals surface area contributed by atoms with Gasteiger partial charge in [-0.25, -0.2) is 22.9 Å². The second-order valence-electron chi connectivity index (χ2n) is 11.3. The zero-order chi connectivity index (χ0) is 27.9. The summed E-state index contributed by atoms with van der Waals surface area (Å²) in [6, 6.07) is 11.7. The molecule has 1 aliphatic rings. The number of rotatable bonds is 6. The topological polar surface area (TPSA) is 127 Å². The maximum absolute atomic E-state index is 13.7. The van der Waals surface area contributed by atoms with Gasteiger partial charge < -0.3 is 15.5 Å². The second-order valence-corrected chi connectivity index (χ2v) is 14.0. The van der Waals surface area contributed by atoms with Gasteiger partial charge in [0.05, 0.1) is 14.8 Å². The molecule has 0 bridgehead atoms. The van der Waals surface area contributed by atoms with Crippen LogP contribution in [0.25, 0.3) is 32.5 Å². The molecule has 0 radical (unpaired) electrons. The van der Waals surface area contributed by atoms with E-state index in [1.54, 1.807) is 12.3 Å². The number of hydrogen-bond acceptors (Lipinski definition) is 6. The Kier molecular flexibility index (Phi) is 7.30. The molecule has 4 aromatic rings. The minimum Gasteiger partial charge on any atom is -0.446 e. The summed E-state index contributed by atoms with van der Waals surface area (Å²) in [5.74, 6) is 0.236. The molecule has 0 spiro atoms. The molecule has 8 nitrogen and oxygen atoms in total. The van der Waals surface area contributed by atoms with Crippen LogP contribution in [-0.2, 0) is 14.8 Å². The van der Waals surface area contributed by atoms with Crippen LogP contribution in [-0.4, -0.2) is 36.1 Å². The van der Waals surface area contributed by atoms with E-state index >= 15 is 0 Å². The Morgan fingerprint density at radius 2 is 1.79 bits per heavy atom. The number of hydrogen-bond donors (Lipinski definition) is 3. The first-order valence-electron chi connectivity index (χ1n) is 13.1. The van der Waals surface area contributed by atoms with Gasteiger partial charge in [0.2, 0.25) is 10.0 Å². The van der Waals surface area contributed by atoms with Crippen molar-refractivity contribution in [3.63, 3.8) is 0 Å². The smallest absolute Gasteiger partial charge is 0.404 e. The molecule has 1 fully saturated rings. The van der Waals surface area contributed by atoms with Crippen LogP contribution < -0.4 is 10.5 Å². The van der Waals surface area contributed by atoms with Gasteiger partial charge in [-0.1, -0.05) is 24.3 Å². The first kappa shape index (κ1) is 27.4. The predicted octanol–water partition coefficient (Wildman–Crippen LogP) is 6.47. The Hall–Kier alpha value is -3.21. The van der Waals surface area contributed by atoms with Crippen LogP contribution in [0.3, 0.4) is 0 Å². The Balaban J connectivity index is 1.50. The van der Waals surface area contributed by atoms with E-state index < -0.39 is 21.7 Å². The van der Waals surface area contributed by atoms with Crippen LogP contribution in [0.2, 0.25) is 0 Å². The van der Waals surface area contributed by atoms with E-state index in [0.29, 0.717) is 5.56 Å². The summed E-state index contributed by atoms with van der Waals surface area (Å²) >= 11 is 1.52. The molecule has 39 heavy (non-hydrogen) atoms. The number of aromatic nitrogens is 2. The van der Waals surface area contributed by atoms with Gasteiger partial charge in [0, 0.05) is 40.3 Å². The van der Waals surface area contributed by atoms with E-state index in [4.69, 9.17) is 10.5 Å². The highest BCUT2D eigenvalue weighted by Gasteiger charge is 2.29. The molecular formula is C29H34N4O4S2. The van der Waals surface area contributed by atoms with Crippen molar-refractivity contribution in [1.82, 2.24) is 14.7 Å². The fourth-order valence-corrected chi connectivity index (χ4v) is 8.09. The van der Waals surface area contributed by atoms with E-state index in [1.165, 1.54) is 16.9 Å². The number of primary amides is 1. The Labute approximate surface area is 233 Å². The van der Waals surface area contributed by atoms with Gasteiger partial charge in [-0.3, -0.25) is 0 Å². The van der Waals surface area contributed by atoms with Crippen molar-refractivity contribution in [2.75, 3.05) is 0 Å². The number of sulfonamides is 1. The normalized spacial score (nSPS) is 18.4. The third-order valence-electron chi connectivity index (χ3n) is 7.03. The van der Waals surface area contributed by atoms with Gasteiger partial charge in [-0.15, -0.1) is 11.3 Å². The number of amides is 1. The molecule has 206 valence electrons. The Morgan fingerprint density at radius 3 is 2.49 bits per heavy atom. The number of nitrogens with one attached hydrogen (secondary N) is 2. The quantitative estimate of drug-likeness (QED) is 0.247. The zero-order valence-electron chi connectivity index (χ0n) is 22.6. The summed E-state index contributed by atoms with van der Waals surface area (Å²) in [6.45, 7) is 7.55. The largest absolute Gasteiger partial charge is 0.446 e. The van der Waals surface area contributed by atoms with Crippen LogP contribution in [0.1, 0.15) is 62.9 Å². The third-order valence-corrected chi connectivity index (χ3v) is 10.0. The fraction of sp³-hybridized carbons (Fsp3) is 0.379. The van der Waals surface area contributed by atoms with E-state index in [1.807, 2.05) is 51.2 Å². The third kappa shape index (κ3) is 6.03. The summed E-state index contributed by atoms with van der Waals surface area (Å²) < 4.78 is 35.4. The molecular weight excluding hydrogens is 532 g/mol. The number of fused-ring (bicyclic) bond motifs is 1. The van der Waals surface area contributed by atoms with Gasteiger partial charge in [0.15, 0.2) is 0 Å². The van der Waals surface area contributed by atoms with E-state index in [2.05, 4.69) is 27.7 Å². The van der Waals surface area contributed by atoms with Gasteiger partial charge >= 0.3 is 6.09 Å². The van der Waals surface area contributed by atoms with Crippen molar-refractivity contribution < 1.29 is 17.9 Å². The van der Waals surface area contributed by atoms with E-state index in [9.17, 15) is 13.2 Å². The number of nitrogens with two attached hydrogens (primary N) is 1. The molecule has 1 aliphatic carbocycles. The monoisotopic (exact) mass is 566 g/mol. The lowest BCUT2D eigenvalue weighted by atomic mass is 9.88. The molecule has 2 heterocycles. The summed E-state index contributed by atoms with van der Waals surface area (Å²) in [6.07, 6.45) is 5.99. The number of H-pyrrole nitrogens is 1. The van der Waals surface area contributed by atoms with Crippen molar-refractivity contribution in [1.29, 1.82) is 0 Å². The molecule has 1 amide bonds. The number of ether oxygens (including phenoxy) is 1. The molecule has 10 heteroatoms. The minimum atomic E-state index is -3.84. The molecule has 5 rings (SSSR count). The predicted molar refractivity (Wildman–Crippen MR) is 155 cm³/mol. The molecule has 2 aromatic carbocycles. The van der Waals surface area contributed by atoms with Crippen molar-refractivity contribution in [3.05, 3.63) is 59.4 Å². The average Bonchev–Trinajstić information content (AvgIpc) is 3.49. The maximum Gasteiger partial charge on any atom is 0.404 e. The van der Waals surface area contributed by atoms with Crippen LogP contribution in [0.4, 0.5) is 4.79 Å². The highest BCUT2D eigenvalue weighted by atomic mass is 32.2. The number of aromatic amines is 1. The Morgan fingerprint density at radius 1 is 1.10 bits per heavy atom. The number of thiazole rings is 1. The van der Waals surface area contributed by atoms with Crippen LogP contribution in [0.15, 0.2) is 53.7 Å². The second kappa shape index (κ2) is 10.4.